The van der Waals surface area contributed by atoms with Gasteiger partial charge in [-0.25, -0.2) is 5.10 Å². The lowest BCUT2D eigenvalue weighted by molar-refractivity contribution is 0.102. The summed E-state index contributed by atoms with van der Waals surface area (Å²) < 4.78 is 0.777. The van der Waals surface area contributed by atoms with E-state index in [9.17, 15) is 4.79 Å². The van der Waals surface area contributed by atoms with Crippen LogP contribution in [0.15, 0.2) is 22.2 Å². The molecule has 14 heavy (non-hydrogen) atoms. The zero-order chi connectivity index (χ0) is 9.97. The number of hydrogen-bond acceptors (Lipinski definition) is 4. The Morgan fingerprint density at radius 1 is 1.64 bits per heavy atom. The maximum absolute atomic E-state index is 11.6. The van der Waals surface area contributed by atoms with Crippen molar-refractivity contribution >= 4 is 39.1 Å². The number of halogens is 1. The summed E-state index contributed by atoms with van der Waals surface area (Å²) in [5, 5.41) is 10.6. The Hall–Kier alpha value is -1.21. The normalized spacial score (nSPS) is 10.1. The first-order valence-electron chi connectivity index (χ1n) is 3.67. The van der Waals surface area contributed by atoms with Crippen LogP contribution in [-0.2, 0) is 0 Å². The Morgan fingerprint density at radius 3 is 3.07 bits per heavy atom. The first-order chi connectivity index (χ1) is 6.77. The van der Waals surface area contributed by atoms with Gasteiger partial charge in [-0.15, -0.1) is 11.3 Å². The van der Waals surface area contributed by atoms with Gasteiger partial charge >= 0.3 is 0 Å². The Labute approximate surface area is 91.7 Å². The van der Waals surface area contributed by atoms with E-state index in [2.05, 4.69) is 36.4 Å². The number of aromatic amines is 1. The molecule has 0 fully saturated rings. The third kappa shape index (κ3) is 1.83. The summed E-state index contributed by atoms with van der Waals surface area (Å²) in [6, 6.07) is 1.82. The second-order valence-electron chi connectivity index (χ2n) is 2.39. The summed E-state index contributed by atoms with van der Waals surface area (Å²) in [5.41, 5.74) is 0. The van der Waals surface area contributed by atoms with Crippen molar-refractivity contribution in [2.24, 2.45) is 0 Å². The first-order valence-corrected chi connectivity index (χ1v) is 5.34. The maximum Gasteiger partial charge on any atom is 0.269 e. The molecule has 2 N–H and O–H groups in total. The number of hydrogen-bond donors (Lipinski definition) is 2. The lowest BCUT2D eigenvalue weighted by atomic mass is 10.4. The fourth-order valence-corrected chi connectivity index (χ4v) is 2.33. The van der Waals surface area contributed by atoms with Crippen molar-refractivity contribution in [3.63, 3.8) is 0 Å². The number of rotatable bonds is 2. The third-order valence-corrected chi connectivity index (χ3v) is 3.31. The zero-order valence-corrected chi connectivity index (χ0v) is 9.22. The van der Waals surface area contributed by atoms with Crippen LogP contribution in [0.1, 0.15) is 9.67 Å². The highest BCUT2D eigenvalue weighted by molar-refractivity contribution is 9.10. The molecule has 5 nitrogen and oxygen atoms in total. The van der Waals surface area contributed by atoms with Gasteiger partial charge in [0.15, 0.2) is 0 Å². The van der Waals surface area contributed by atoms with E-state index in [1.54, 1.807) is 0 Å². The highest BCUT2D eigenvalue weighted by Gasteiger charge is 2.12. The van der Waals surface area contributed by atoms with E-state index >= 15 is 0 Å². The molecular weight excluding hydrogens is 268 g/mol. The summed E-state index contributed by atoms with van der Waals surface area (Å²) in [5.74, 6) is 0.138. The third-order valence-electron chi connectivity index (χ3n) is 1.47. The van der Waals surface area contributed by atoms with Gasteiger partial charge in [0.25, 0.3) is 5.91 Å². The van der Waals surface area contributed by atoms with Crippen molar-refractivity contribution in [1.29, 1.82) is 0 Å². The SMILES string of the molecule is O=C(Nc1ncn[nH]1)c1sccc1Br. The van der Waals surface area contributed by atoms with Gasteiger partial charge < -0.3 is 0 Å². The first kappa shape index (κ1) is 9.35. The van der Waals surface area contributed by atoms with Crippen molar-refractivity contribution in [3.05, 3.63) is 27.1 Å². The smallest absolute Gasteiger partial charge is 0.269 e. The minimum Gasteiger partial charge on any atom is -0.290 e. The molecule has 0 bridgehead atoms. The summed E-state index contributed by atoms with van der Waals surface area (Å²) >= 11 is 4.63. The molecule has 0 spiro atoms. The monoisotopic (exact) mass is 272 g/mol. The van der Waals surface area contributed by atoms with E-state index in [1.165, 1.54) is 17.7 Å². The van der Waals surface area contributed by atoms with Crippen molar-refractivity contribution in [2.45, 2.75) is 0 Å². The number of anilines is 1. The van der Waals surface area contributed by atoms with Crippen molar-refractivity contribution in [2.75, 3.05) is 5.32 Å². The molecule has 0 atom stereocenters. The molecule has 72 valence electrons. The predicted molar refractivity (Wildman–Crippen MR) is 56.4 cm³/mol. The topological polar surface area (TPSA) is 70.7 Å². The van der Waals surface area contributed by atoms with E-state index < -0.39 is 0 Å². The molecule has 0 aliphatic carbocycles. The van der Waals surface area contributed by atoms with Gasteiger partial charge in [0, 0.05) is 4.47 Å². The van der Waals surface area contributed by atoms with Crippen molar-refractivity contribution in [3.8, 4) is 0 Å². The predicted octanol–water partition coefficient (Wildman–Crippen LogP) is 1.88. The van der Waals surface area contributed by atoms with Gasteiger partial charge in [0.2, 0.25) is 5.95 Å². The number of carbonyl (C=O) groups excluding carboxylic acids is 1. The highest BCUT2D eigenvalue weighted by atomic mass is 79.9. The van der Waals surface area contributed by atoms with Crippen LogP contribution in [0.2, 0.25) is 0 Å². The largest absolute Gasteiger partial charge is 0.290 e. The van der Waals surface area contributed by atoms with E-state index in [0.717, 1.165) is 4.47 Å². The standard InChI is InChI=1S/C7H5BrN4OS/c8-4-1-2-14-5(4)6(13)11-7-9-3-10-12-7/h1-3H,(H2,9,10,11,12,13). The van der Waals surface area contributed by atoms with Crippen LogP contribution >= 0.6 is 27.3 Å². The van der Waals surface area contributed by atoms with Gasteiger partial charge in [0.05, 0.1) is 0 Å². The van der Waals surface area contributed by atoms with Crippen LogP contribution in [0.25, 0.3) is 0 Å². The number of nitrogens with zero attached hydrogens (tertiary/aromatic N) is 2. The minimum atomic E-state index is -0.205. The molecule has 2 aromatic heterocycles. The van der Waals surface area contributed by atoms with Crippen LogP contribution in [-0.4, -0.2) is 21.1 Å². The Morgan fingerprint density at radius 2 is 2.50 bits per heavy atom. The van der Waals surface area contributed by atoms with Gasteiger partial charge in [-0.3, -0.25) is 10.1 Å². The number of nitrogens with one attached hydrogen (secondary N) is 2. The average molecular weight is 273 g/mol. The number of H-pyrrole nitrogens is 1. The Bertz CT molecular complexity index is 438. The fraction of sp³-hybridized carbons (Fsp3) is 0. The molecular formula is C7H5BrN4OS. The number of carbonyl (C=O) groups is 1. The summed E-state index contributed by atoms with van der Waals surface area (Å²) in [4.78, 5) is 16.0. The van der Waals surface area contributed by atoms with E-state index in [0.29, 0.717) is 10.8 Å². The van der Waals surface area contributed by atoms with Gasteiger partial charge in [-0.2, -0.15) is 10.1 Å². The second kappa shape index (κ2) is 3.89. The lowest BCUT2D eigenvalue weighted by Gasteiger charge is -1.98. The molecule has 0 aliphatic heterocycles. The second-order valence-corrected chi connectivity index (χ2v) is 4.16. The molecule has 0 aromatic carbocycles. The maximum atomic E-state index is 11.6. The zero-order valence-electron chi connectivity index (χ0n) is 6.82. The molecule has 2 rings (SSSR count). The van der Waals surface area contributed by atoms with E-state index in [4.69, 9.17) is 0 Å². The number of aromatic nitrogens is 3. The molecule has 0 aliphatic rings. The van der Waals surface area contributed by atoms with Gasteiger partial charge in [-0.05, 0) is 27.4 Å². The summed E-state index contributed by atoms with van der Waals surface area (Å²) in [7, 11) is 0. The van der Waals surface area contributed by atoms with Gasteiger partial charge in [0.1, 0.15) is 11.2 Å². The average Bonchev–Trinajstić information content (AvgIpc) is 2.75. The molecule has 0 radical (unpaired) electrons. The van der Waals surface area contributed by atoms with Crippen LogP contribution in [0, 0.1) is 0 Å². The molecule has 7 heteroatoms. The van der Waals surface area contributed by atoms with Crippen LogP contribution in [0.3, 0.4) is 0 Å². The Kier molecular flexibility index (Phi) is 2.60. The van der Waals surface area contributed by atoms with Crippen molar-refractivity contribution < 1.29 is 4.79 Å². The molecule has 1 amide bonds. The fourth-order valence-electron chi connectivity index (χ4n) is 0.886. The molecule has 0 saturated heterocycles. The van der Waals surface area contributed by atoms with Crippen molar-refractivity contribution in [1.82, 2.24) is 15.2 Å². The number of thiophene rings is 1. The summed E-state index contributed by atoms with van der Waals surface area (Å²) in [6.45, 7) is 0. The lowest BCUT2D eigenvalue weighted by Crippen LogP contribution is -2.11. The molecule has 0 saturated carbocycles. The molecule has 2 heterocycles. The van der Waals surface area contributed by atoms with Crippen LogP contribution in [0.5, 0.6) is 0 Å². The highest BCUT2D eigenvalue weighted by Crippen LogP contribution is 2.22. The van der Waals surface area contributed by atoms with E-state index in [-0.39, 0.29) is 5.91 Å². The molecule has 0 unspecified atom stereocenters. The van der Waals surface area contributed by atoms with Gasteiger partial charge in [-0.1, -0.05) is 0 Å². The van der Waals surface area contributed by atoms with E-state index in [1.807, 2.05) is 11.4 Å². The van der Waals surface area contributed by atoms with Crippen LogP contribution < -0.4 is 5.32 Å². The minimum absolute atomic E-state index is 0.205. The Balaban J connectivity index is 2.14. The van der Waals surface area contributed by atoms with Crippen LogP contribution in [0.4, 0.5) is 5.95 Å². The number of amides is 1. The summed E-state index contributed by atoms with van der Waals surface area (Å²) in [6.07, 6.45) is 1.33. The molecule has 2 aromatic rings. The quantitative estimate of drug-likeness (QED) is 0.877.